The molecular weight excluding hydrogens is 402 g/mol. The number of alkyl halides is 1. The van der Waals surface area contributed by atoms with Gasteiger partial charge in [-0.25, -0.2) is 0 Å². The highest BCUT2D eigenvalue weighted by atomic mass is 35.5. The number of amides is 2. The van der Waals surface area contributed by atoms with Crippen LogP contribution in [0, 0.1) is 0 Å². The number of unbranched alkanes of at least 4 members (excludes halogenated alkanes) is 1. The molecule has 1 aromatic carbocycles. The van der Waals surface area contributed by atoms with Gasteiger partial charge in [0.2, 0.25) is 5.91 Å². The summed E-state index contributed by atoms with van der Waals surface area (Å²) in [5, 5.41) is 2.85. The molecule has 0 saturated carbocycles. The normalized spacial score (nSPS) is 13.5. The molecule has 1 aliphatic heterocycles. The van der Waals surface area contributed by atoms with Crippen LogP contribution in [0.25, 0.3) is 0 Å². The average Bonchev–Trinajstić information content (AvgIpc) is 3.45. The summed E-state index contributed by atoms with van der Waals surface area (Å²) in [5.74, 6) is 0.968. The van der Waals surface area contributed by atoms with Crippen molar-refractivity contribution in [3.8, 4) is 0 Å². The highest BCUT2D eigenvalue weighted by Crippen LogP contribution is 2.29. The summed E-state index contributed by atoms with van der Waals surface area (Å²) in [6.45, 7) is 5.10. The molecule has 6 nitrogen and oxygen atoms in total. The van der Waals surface area contributed by atoms with E-state index in [1.165, 1.54) is 0 Å². The largest absolute Gasteiger partial charge is 0.467 e. The summed E-state index contributed by atoms with van der Waals surface area (Å²) in [5.41, 5.74) is 2.10. The van der Waals surface area contributed by atoms with Crippen LogP contribution in [0.3, 0.4) is 0 Å². The second-order valence-corrected chi connectivity index (χ2v) is 7.95. The third-order valence-electron chi connectivity index (χ3n) is 5.27. The number of hydrogen-bond donors (Lipinski definition) is 1. The van der Waals surface area contributed by atoms with Gasteiger partial charge in [0.15, 0.2) is 0 Å². The highest BCUT2D eigenvalue weighted by molar-refractivity contribution is 6.19. The van der Waals surface area contributed by atoms with Gasteiger partial charge in [0.25, 0.3) is 5.91 Å². The van der Waals surface area contributed by atoms with Crippen molar-refractivity contribution in [1.29, 1.82) is 0 Å². The maximum Gasteiger partial charge on any atom is 0.256 e. The van der Waals surface area contributed by atoms with Gasteiger partial charge < -0.3 is 19.5 Å². The Kier molecular flexibility index (Phi) is 8.20. The Morgan fingerprint density at radius 3 is 2.70 bits per heavy atom. The maximum absolute atomic E-state index is 13.4. The number of likely N-dealkylation sites (tertiary alicyclic amines) is 1. The molecule has 162 valence electrons. The summed E-state index contributed by atoms with van der Waals surface area (Å²) in [6.07, 6.45) is 6.01. The first-order valence-electron chi connectivity index (χ1n) is 10.7. The van der Waals surface area contributed by atoms with Gasteiger partial charge in [0.05, 0.1) is 24.1 Å². The third-order valence-corrected chi connectivity index (χ3v) is 5.46. The molecule has 2 heterocycles. The standard InChI is InChI=1S/C23H30ClN3O3/c1-2-3-12-27(17-19-7-6-15-30-19)21-9-8-18(25-22(28)10-11-24)16-20(21)23(29)26-13-4-5-14-26/h6-9,15-16H,2-5,10-14,17H2,1H3,(H,25,28). The van der Waals surface area contributed by atoms with Crippen molar-refractivity contribution >= 4 is 34.8 Å². The van der Waals surface area contributed by atoms with Crippen molar-refractivity contribution in [3.05, 3.63) is 47.9 Å². The Labute approximate surface area is 183 Å². The minimum absolute atomic E-state index is 0.0110. The Morgan fingerprint density at radius 2 is 2.03 bits per heavy atom. The SMILES string of the molecule is CCCCN(Cc1ccco1)c1ccc(NC(=O)CCCl)cc1C(=O)N1CCCC1. The van der Waals surface area contributed by atoms with E-state index in [1.807, 2.05) is 29.2 Å². The summed E-state index contributed by atoms with van der Waals surface area (Å²) < 4.78 is 5.56. The van der Waals surface area contributed by atoms with E-state index >= 15 is 0 Å². The van der Waals surface area contributed by atoms with E-state index in [1.54, 1.807) is 12.3 Å². The van der Waals surface area contributed by atoms with Gasteiger partial charge in [-0.3, -0.25) is 9.59 Å². The van der Waals surface area contributed by atoms with E-state index in [0.717, 1.165) is 56.8 Å². The highest BCUT2D eigenvalue weighted by Gasteiger charge is 2.25. The molecule has 0 spiro atoms. The monoisotopic (exact) mass is 431 g/mol. The van der Waals surface area contributed by atoms with E-state index in [0.29, 0.717) is 17.8 Å². The number of rotatable bonds is 10. The van der Waals surface area contributed by atoms with E-state index in [9.17, 15) is 9.59 Å². The lowest BCUT2D eigenvalue weighted by atomic mass is 10.1. The number of nitrogens with zero attached hydrogens (tertiary/aromatic N) is 2. The molecule has 1 N–H and O–H groups in total. The molecule has 1 saturated heterocycles. The van der Waals surface area contributed by atoms with Gasteiger partial charge in [0, 0.05) is 37.6 Å². The van der Waals surface area contributed by atoms with Crippen LogP contribution in [0.5, 0.6) is 0 Å². The van der Waals surface area contributed by atoms with Crippen molar-refractivity contribution in [3.63, 3.8) is 0 Å². The van der Waals surface area contributed by atoms with Gasteiger partial charge >= 0.3 is 0 Å². The van der Waals surface area contributed by atoms with E-state index < -0.39 is 0 Å². The number of anilines is 2. The predicted octanol–water partition coefficient (Wildman–Crippen LogP) is 4.89. The first kappa shape index (κ1) is 22.2. The quantitative estimate of drug-likeness (QED) is 0.544. The van der Waals surface area contributed by atoms with Crippen LogP contribution in [0.2, 0.25) is 0 Å². The number of hydrogen-bond acceptors (Lipinski definition) is 4. The fourth-order valence-electron chi connectivity index (χ4n) is 3.69. The maximum atomic E-state index is 13.4. The Hall–Kier alpha value is -2.47. The Bertz CT molecular complexity index is 832. The zero-order valence-corrected chi connectivity index (χ0v) is 18.3. The zero-order valence-electron chi connectivity index (χ0n) is 17.5. The smallest absolute Gasteiger partial charge is 0.256 e. The fraction of sp³-hybridized carbons (Fsp3) is 0.478. The van der Waals surface area contributed by atoms with Crippen molar-refractivity contribution in [1.82, 2.24) is 4.90 Å². The molecule has 0 aliphatic carbocycles. The molecule has 30 heavy (non-hydrogen) atoms. The van der Waals surface area contributed by atoms with Crippen molar-refractivity contribution in [2.45, 2.75) is 45.6 Å². The lowest BCUT2D eigenvalue weighted by Crippen LogP contribution is -2.31. The molecule has 3 rings (SSSR count). The third kappa shape index (κ3) is 5.79. The number of nitrogens with one attached hydrogen (secondary N) is 1. The second-order valence-electron chi connectivity index (χ2n) is 7.57. The molecule has 2 amide bonds. The summed E-state index contributed by atoms with van der Waals surface area (Å²) in [4.78, 5) is 29.4. The van der Waals surface area contributed by atoms with Gasteiger partial charge in [-0.1, -0.05) is 13.3 Å². The van der Waals surface area contributed by atoms with Crippen molar-refractivity contribution in [2.24, 2.45) is 0 Å². The summed E-state index contributed by atoms with van der Waals surface area (Å²) in [6, 6.07) is 9.39. The Balaban J connectivity index is 1.94. The van der Waals surface area contributed by atoms with Gasteiger partial charge in [-0.15, -0.1) is 11.6 Å². The molecular formula is C23H30ClN3O3. The van der Waals surface area contributed by atoms with Crippen LogP contribution in [-0.4, -0.2) is 42.2 Å². The summed E-state index contributed by atoms with van der Waals surface area (Å²) in [7, 11) is 0. The van der Waals surface area contributed by atoms with Crippen LogP contribution in [0.1, 0.15) is 55.1 Å². The molecule has 1 aliphatic rings. The Morgan fingerprint density at radius 1 is 1.23 bits per heavy atom. The second kappa shape index (κ2) is 11.1. The first-order valence-corrected chi connectivity index (χ1v) is 11.2. The fourth-order valence-corrected chi connectivity index (χ4v) is 3.86. The number of halogens is 1. The van der Waals surface area contributed by atoms with Crippen LogP contribution in [0.4, 0.5) is 11.4 Å². The lowest BCUT2D eigenvalue weighted by molar-refractivity contribution is -0.115. The van der Waals surface area contributed by atoms with Crippen LogP contribution in [-0.2, 0) is 11.3 Å². The van der Waals surface area contributed by atoms with E-state index in [-0.39, 0.29) is 24.1 Å². The van der Waals surface area contributed by atoms with Crippen molar-refractivity contribution < 1.29 is 14.0 Å². The average molecular weight is 432 g/mol. The minimum Gasteiger partial charge on any atom is -0.467 e. The van der Waals surface area contributed by atoms with Gasteiger partial charge in [0.1, 0.15) is 5.76 Å². The minimum atomic E-state index is -0.157. The molecule has 2 aromatic rings. The molecule has 7 heteroatoms. The van der Waals surface area contributed by atoms with E-state index in [2.05, 4.69) is 17.1 Å². The molecule has 1 aromatic heterocycles. The number of furan rings is 1. The van der Waals surface area contributed by atoms with Crippen LogP contribution < -0.4 is 10.2 Å². The molecule has 0 radical (unpaired) electrons. The number of carbonyl (C=O) groups excluding carboxylic acids is 2. The number of benzene rings is 1. The zero-order chi connectivity index (χ0) is 21.3. The molecule has 0 atom stereocenters. The predicted molar refractivity (Wildman–Crippen MR) is 120 cm³/mol. The summed E-state index contributed by atoms with van der Waals surface area (Å²) >= 11 is 5.68. The van der Waals surface area contributed by atoms with Gasteiger partial charge in [-0.05, 0) is 49.6 Å². The lowest BCUT2D eigenvalue weighted by Gasteiger charge is -2.28. The van der Waals surface area contributed by atoms with E-state index in [4.69, 9.17) is 16.0 Å². The van der Waals surface area contributed by atoms with Crippen LogP contribution >= 0.6 is 11.6 Å². The molecule has 0 bridgehead atoms. The molecule has 0 unspecified atom stereocenters. The van der Waals surface area contributed by atoms with Crippen LogP contribution in [0.15, 0.2) is 41.0 Å². The number of carbonyl (C=O) groups is 2. The van der Waals surface area contributed by atoms with Crippen molar-refractivity contribution in [2.75, 3.05) is 35.7 Å². The van der Waals surface area contributed by atoms with Gasteiger partial charge in [-0.2, -0.15) is 0 Å². The molecule has 1 fully saturated rings. The first-order chi connectivity index (χ1) is 14.6. The topological polar surface area (TPSA) is 65.8 Å².